The largest absolute Gasteiger partial charge is 0.496 e. The lowest BCUT2D eigenvalue weighted by atomic mass is 10.2. The van der Waals surface area contributed by atoms with E-state index in [0.29, 0.717) is 23.8 Å². The lowest BCUT2D eigenvalue weighted by molar-refractivity contribution is 0.278. The first kappa shape index (κ1) is 13.1. The molecule has 19 heavy (non-hydrogen) atoms. The fraction of sp³-hybridized carbons (Fsp3) is 0.200. The Bertz CT molecular complexity index is 555. The van der Waals surface area contributed by atoms with Crippen molar-refractivity contribution < 1.29 is 14.2 Å². The van der Waals surface area contributed by atoms with Gasteiger partial charge in [0, 0.05) is 17.3 Å². The maximum Gasteiger partial charge on any atom is 0.161 e. The van der Waals surface area contributed by atoms with Crippen LogP contribution in [0.4, 0.5) is 5.69 Å². The van der Waals surface area contributed by atoms with Crippen molar-refractivity contribution in [2.24, 2.45) is 0 Å². The average molecular weight is 259 g/mol. The molecule has 0 bridgehead atoms. The molecule has 0 aliphatic rings. The van der Waals surface area contributed by atoms with Gasteiger partial charge < -0.3 is 19.9 Å². The highest BCUT2D eigenvalue weighted by atomic mass is 16.5. The van der Waals surface area contributed by atoms with E-state index in [9.17, 15) is 0 Å². The number of benzene rings is 2. The monoisotopic (exact) mass is 259 g/mol. The van der Waals surface area contributed by atoms with Crippen LogP contribution in [0.3, 0.4) is 0 Å². The predicted molar refractivity (Wildman–Crippen MR) is 74.7 cm³/mol. The van der Waals surface area contributed by atoms with E-state index in [1.54, 1.807) is 20.3 Å². The molecular weight excluding hydrogens is 242 g/mol. The molecule has 2 aromatic rings. The molecule has 2 N–H and O–H groups in total. The number of hydrogen-bond acceptors (Lipinski definition) is 4. The molecule has 0 spiro atoms. The van der Waals surface area contributed by atoms with Crippen LogP contribution in [0, 0.1) is 0 Å². The highest BCUT2D eigenvalue weighted by molar-refractivity contribution is 5.48. The van der Waals surface area contributed by atoms with Crippen LogP contribution in [0.2, 0.25) is 0 Å². The van der Waals surface area contributed by atoms with Gasteiger partial charge in [-0.05, 0) is 24.3 Å². The lowest BCUT2D eigenvalue weighted by Crippen LogP contribution is -2.00. The summed E-state index contributed by atoms with van der Waals surface area (Å²) in [6.45, 7) is 0.393. The van der Waals surface area contributed by atoms with Gasteiger partial charge in [-0.15, -0.1) is 0 Å². The summed E-state index contributed by atoms with van der Waals surface area (Å²) in [4.78, 5) is 0. The van der Waals surface area contributed by atoms with Gasteiger partial charge >= 0.3 is 0 Å². The van der Waals surface area contributed by atoms with Gasteiger partial charge in [-0.3, -0.25) is 0 Å². The molecule has 0 aliphatic heterocycles. The standard InChI is InChI=1S/C15H17NO3/c1-17-13-5-3-4-6-14(13)19-10-11-7-8-12(16)9-15(11)18-2/h3-9H,10,16H2,1-2H3. The van der Waals surface area contributed by atoms with Crippen molar-refractivity contribution in [3.8, 4) is 17.2 Å². The summed E-state index contributed by atoms with van der Waals surface area (Å²) in [5.41, 5.74) is 7.31. The van der Waals surface area contributed by atoms with Crippen molar-refractivity contribution in [1.29, 1.82) is 0 Å². The van der Waals surface area contributed by atoms with E-state index < -0.39 is 0 Å². The van der Waals surface area contributed by atoms with Gasteiger partial charge in [0.15, 0.2) is 11.5 Å². The Balaban J connectivity index is 2.14. The van der Waals surface area contributed by atoms with Crippen LogP contribution in [0.15, 0.2) is 42.5 Å². The lowest BCUT2D eigenvalue weighted by Gasteiger charge is -2.12. The van der Waals surface area contributed by atoms with Gasteiger partial charge in [-0.25, -0.2) is 0 Å². The third kappa shape index (κ3) is 3.10. The predicted octanol–water partition coefficient (Wildman–Crippen LogP) is 2.87. The number of hydrogen-bond donors (Lipinski definition) is 1. The molecule has 0 saturated heterocycles. The molecule has 4 nitrogen and oxygen atoms in total. The molecule has 0 aromatic heterocycles. The van der Waals surface area contributed by atoms with E-state index in [1.165, 1.54) is 0 Å². The normalized spacial score (nSPS) is 10.0. The molecular formula is C15H17NO3. The second kappa shape index (κ2) is 6.00. The Hall–Kier alpha value is -2.36. The van der Waals surface area contributed by atoms with Gasteiger partial charge in [0.1, 0.15) is 12.4 Å². The van der Waals surface area contributed by atoms with Crippen LogP contribution in [0.5, 0.6) is 17.2 Å². The van der Waals surface area contributed by atoms with Crippen molar-refractivity contribution in [3.05, 3.63) is 48.0 Å². The van der Waals surface area contributed by atoms with Crippen LogP contribution in [-0.2, 0) is 6.61 Å². The van der Waals surface area contributed by atoms with Crippen molar-refractivity contribution in [2.75, 3.05) is 20.0 Å². The van der Waals surface area contributed by atoms with E-state index in [4.69, 9.17) is 19.9 Å². The van der Waals surface area contributed by atoms with E-state index in [1.807, 2.05) is 36.4 Å². The highest BCUT2D eigenvalue weighted by Gasteiger charge is 2.07. The zero-order valence-electron chi connectivity index (χ0n) is 11.1. The summed E-state index contributed by atoms with van der Waals surface area (Å²) in [5, 5.41) is 0. The van der Waals surface area contributed by atoms with Gasteiger partial charge in [0.05, 0.1) is 14.2 Å². The smallest absolute Gasteiger partial charge is 0.161 e. The summed E-state index contributed by atoms with van der Waals surface area (Å²) in [7, 11) is 3.23. The Kier molecular flexibility index (Phi) is 4.13. The maximum absolute atomic E-state index is 5.75. The number of ether oxygens (including phenoxy) is 3. The zero-order valence-corrected chi connectivity index (χ0v) is 11.1. The molecule has 0 radical (unpaired) electrons. The fourth-order valence-corrected chi connectivity index (χ4v) is 1.77. The first-order valence-electron chi connectivity index (χ1n) is 5.93. The number of nitrogen functional groups attached to an aromatic ring is 1. The average Bonchev–Trinajstić information content (AvgIpc) is 2.46. The van der Waals surface area contributed by atoms with Crippen LogP contribution in [0.1, 0.15) is 5.56 Å². The van der Waals surface area contributed by atoms with Gasteiger partial charge in [-0.2, -0.15) is 0 Å². The summed E-state index contributed by atoms with van der Waals surface area (Å²) < 4.78 is 16.3. The Morgan fingerprint density at radius 2 is 1.58 bits per heavy atom. The summed E-state index contributed by atoms with van der Waals surface area (Å²) in [5.74, 6) is 2.12. The van der Waals surface area contributed by atoms with Crippen molar-refractivity contribution in [3.63, 3.8) is 0 Å². The fourth-order valence-electron chi connectivity index (χ4n) is 1.77. The minimum Gasteiger partial charge on any atom is -0.496 e. The number of para-hydroxylation sites is 2. The Labute approximate surface area is 112 Å². The Morgan fingerprint density at radius 1 is 0.895 bits per heavy atom. The van der Waals surface area contributed by atoms with Crippen molar-refractivity contribution in [1.82, 2.24) is 0 Å². The van der Waals surface area contributed by atoms with Gasteiger partial charge in [0.2, 0.25) is 0 Å². The second-order valence-corrected chi connectivity index (χ2v) is 4.01. The molecule has 0 heterocycles. The quantitative estimate of drug-likeness (QED) is 0.839. The van der Waals surface area contributed by atoms with Crippen LogP contribution in [-0.4, -0.2) is 14.2 Å². The van der Waals surface area contributed by atoms with Crippen LogP contribution >= 0.6 is 0 Å². The third-order valence-electron chi connectivity index (χ3n) is 2.76. The highest BCUT2D eigenvalue weighted by Crippen LogP contribution is 2.28. The molecule has 0 aliphatic carbocycles. The summed E-state index contributed by atoms with van der Waals surface area (Å²) in [6, 6.07) is 13.0. The van der Waals surface area contributed by atoms with Crippen molar-refractivity contribution in [2.45, 2.75) is 6.61 Å². The van der Waals surface area contributed by atoms with Crippen LogP contribution < -0.4 is 19.9 Å². The molecule has 0 saturated carbocycles. The number of anilines is 1. The Morgan fingerprint density at radius 3 is 2.26 bits per heavy atom. The first-order valence-corrected chi connectivity index (χ1v) is 5.93. The SMILES string of the molecule is COc1cc(N)ccc1COc1ccccc1OC. The molecule has 2 aromatic carbocycles. The van der Waals surface area contributed by atoms with E-state index >= 15 is 0 Å². The van der Waals surface area contributed by atoms with Crippen molar-refractivity contribution >= 4 is 5.69 Å². The van der Waals surface area contributed by atoms with E-state index in [-0.39, 0.29) is 0 Å². The molecule has 0 amide bonds. The molecule has 4 heteroatoms. The number of nitrogens with two attached hydrogens (primary N) is 1. The molecule has 0 unspecified atom stereocenters. The summed E-state index contributed by atoms with van der Waals surface area (Å²) >= 11 is 0. The van der Waals surface area contributed by atoms with Crippen LogP contribution in [0.25, 0.3) is 0 Å². The third-order valence-corrected chi connectivity index (χ3v) is 2.76. The first-order chi connectivity index (χ1) is 9.24. The van der Waals surface area contributed by atoms with E-state index in [2.05, 4.69) is 0 Å². The minimum atomic E-state index is 0.393. The number of rotatable bonds is 5. The molecule has 2 rings (SSSR count). The summed E-state index contributed by atoms with van der Waals surface area (Å²) in [6.07, 6.45) is 0. The molecule has 100 valence electrons. The van der Waals surface area contributed by atoms with E-state index in [0.717, 1.165) is 11.3 Å². The molecule has 0 fully saturated rings. The minimum absolute atomic E-state index is 0.393. The zero-order chi connectivity index (χ0) is 13.7. The maximum atomic E-state index is 5.75. The number of methoxy groups -OCH3 is 2. The topological polar surface area (TPSA) is 53.7 Å². The van der Waals surface area contributed by atoms with Gasteiger partial charge in [0.25, 0.3) is 0 Å². The second-order valence-electron chi connectivity index (χ2n) is 4.01. The molecule has 0 atom stereocenters. The van der Waals surface area contributed by atoms with Gasteiger partial charge in [-0.1, -0.05) is 12.1 Å².